The second-order valence-corrected chi connectivity index (χ2v) is 4.35. The lowest BCUT2D eigenvalue weighted by molar-refractivity contribution is 0.486. The molecule has 0 radical (unpaired) electrons. The zero-order chi connectivity index (χ0) is 8.01. The second-order valence-electron chi connectivity index (χ2n) is 2.78. The maximum Gasteiger partial charge on any atom is 0.183 e. The molecular formula is C7H7Br2NO. The zero-order valence-corrected chi connectivity index (χ0v) is 8.85. The highest BCUT2D eigenvalue weighted by atomic mass is 79.9. The first-order valence-corrected chi connectivity index (χ1v) is 4.97. The van der Waals surface area contributed by atoms with Gasteiger partial charge in [0.25, 0.3) is 0 Å². The van der Waals surface area contributed by atoms with E-state index in [0.29, 0.717) is 12.0 Å². The molecule has 0 aromatic carbocycles. The van der Waals surface area contributed by atoms with Crippen molar-refractivity contribution in [1.82, 2.24) is 0 Å². The van der Waals surface area contributed by atoms with E-state index in [1.807, 2.05) is 6.07 Å². The molecule has 4 heteroatoms. The molecule has 0 amide bonds. The summed E-state index contributed by atoms with van der Waals surface area (Å²) in [4.78, 5) is 0. The SMILES string of the molecule is N[C@@H]1C[C@H]1c1cc(Br)c(Br)o1. The normalized spacial score (nSPS) is 29.0. The molecule has 0 bridgehead atoms. The third-order valence-electron chi connectivity index (χ3n) is 1.87. The summed E-state index contributed by atoms with van der Waals surface area (Å²) in [7, 11) is 0. The van der Waals surface area contributed by atoms with E-state index in [4.69, 9.17) is 10.2 Å². The predicted molar refractivity (Wildman–Crippen MR) is 49.4 cm³/mol. The Hall–Kier alpha value is 0.200. The molecule has 2 rings (SSSR count). The fraction of sp³-hybridized carbons (Fsp3) is 0.429. The van der Waals surface area contributed by atoms with Gasteiger partial charge in [0, 0.05) is 12.0 Å². The fourth-order valence-corrected chi connectivity index (χ4v) is 1.70. The van der Waals surface area contributed by atoms with E-state index in [9.17, 15) is 0 Å². The average Bonchev–Trinajstić information content (AvgIpc) is 2.56. The van der Waals surface area contributed by atoms with Crippen LogP contribution in [0.15, 0.2) is 19.6 Å². The number of nitrogens with two attached hydrogens (primary N) is 1. The van der Waals surface area contributed by atoms with Gasteiger partial charge >= 0.3 is 0 Å². The summed E-state index contributed by atoms with van der Waals surface area (Å²) < 4.78 is 7.12. The number of halogens is 2. The van der Waals surface area contributed by atoms with Gasteiger partial charge in [0.1, 0.15) is 5.76 Å². The largest absolute Gasteiger partial charge is 0.453 e. The molecule has 1 aliphatic carbocycles. The molecule has 11 heavy (non-hydrogen) atoms. The van der Waals surface area contributed by atoms with Crippen LogP contribution in [-0.4, -0.2) is 6.04 Å². The van der Waals surface area contributed by atoms with Gasteiger partial charge in [-0.1, -0.05) is 0 Å². The third-order valence-corrected chi connectivity index (χ3v) is 3.58. The van der Waals surface area contributed by atoms with Crippen molar-refractivity contribution in [2.75, 3.05) is 0 Å². The predicted octanol–water partition coefficient (Wildman–Crippen LogP) is 2.62. The van der Waals surface area contributed by atoms with E-state index >= 15 is 0 Å². The van der Waals surface area contributed by atoms with Crippen LogP contribution in [0.25, 0.3) is 0 Å². The van der Waals surface area contributed by atoms with Gasteiger partial charge in [0.2, 0.25) is 0 Å². The molecule has 0 spiro atoms. The quantitative estimate of drug-likeness (QED) is 0.859. The van der Waals surface area contributed by atoms with Crippen LogP contribution in [-0.2, 0) is 0 Å². The van der Waals surface area contributed by atoms with E-state index in [1.54, 1.807) is 0 Å². The van der Waals surface area contributed by atoms with E-state index in [-0.39, 0.29) is 0 Å². The Balaban J connectivity index is 2.26. The first-order valence-electron chi connectivity index (χ1n) is 3.39. The maximum atomic E-state index is 5.67. The van der Waals surface area contributed by atoms with Gasteiger partial charge in [0.05, 0.1) is 4.47 Å². The van der Waals surface area contributed by atoms with Crippen molar-refractivity contribution in [1.29, 1.82) is 0 Å². The Bertz CT molecular complexity index is 264. The smallest absolute Gasteiger partial charge is 0.183 e. The van der Waals surface area contributed by atoms with Gasteiger partial charge in [-0.05, 0) is 44.3 Å². The summed E-state index contributed by atoms with van der Waals surface area (Å²) in [5.41, 5.74) is 5.67. The van der Waals surface area contributed by atoms with E-state index in [1.165, 1.54) is 0 Å². The van der Waals surface area contributed by atoms with E-state index in [2.05, 4.69) is 31.9 Å². The number of hydrogen-bond donors (Lipinski definition) is 1. The van der Waals surface area contributed by atoms with Crippen molar-refractivity contribution in [3.63, 3.8) is 0 Å². The van der Waals surface area contributed by atoms with Gasteiger partial charge < -0.3 is 10.2 Å². The average molecular weight is 281 g/mol. The minimum absolute atomic E-state index is 0.306. The highest BCUT2D eigenvalue weighted by Gasteiger charge is 2.37. The molecule has 1 fully saturated rings. The molecular weight excluding hydrogens is 274 g/mol. The minimum Gasteiger partial charge on any atom is -0.453 e. The summed E-state index contributed by atoms with van der Waals surface area (Å²) >= 11 is 6.63. The highest BCUT2D eigenvalue weighted by Crippen LogP contribution is 2.42. The maximum absolute atomic E-state index is 5.67. The molecule has 0 aliphatic heterocycles. The zero-order valence-electron chi connectivity index (χ0n) is 5.68. The van der Waals surface area contributed by atoms with Crippen LogP contribution in [0, 0.1) is 0 Å². The van der Waals surface area contributed by atoms with Crippen LogP contribution < -0.4 is 5.73 Å². The lowest BCUT2D eigenvalue weighted by atomic mass is 10.3. The minimum atomic E-state index is 0.306. The molecule has 1 saturated carbocycles. The van der Waals surface area contributed by atoms with Gasteiger partial charge in [-0.2, -0.15) is 0 Å². The Labute approximate surface area is 81.4 Å². The standard InChI is InChI=1S/C7H7Br2NO/c8-4-2-6(11-7(4)9)3-1-5(3)10/h2-3,5H,1,10H2/t3-,5-/m1/s1. The summed E-state index contributed by atoms with van der Waals surface area (Å²) in [6.45, 7) is 0. The van der Waals surface area contributed by atoms with Crippen LogP contribution >= 0.6 is 31.9 Å². The lowest BCUT2D eigenvalue weighted by Gasteiger charge is -1.87. The van der Waals surface area contributed by atoms with Crippen molar-refractivity contribution in [3.05, 3.63) is 21.0 Å². The Morgan fingerprint density at radius 3 is 2.55 bits per heavy atom. The van der Waals surface area contributed by atoms with Crippen LogP contribution in [0.1, 0.15) is 18.1 Å². The molecule has 1 aliphatic rings. The van der Waals surface area contributed by atoms with Crippen LogP contribution in [0.5, 0.6) is 0 Å². The van der Waals surface area contributed by atoms with Gasteiger partial charge in [0.15, 0.2) is 4.67 Å². The van der Waals surface area contributed by atoms with E-state index in [0.717, 1.165) is 21.3 Å². The first-order chi connectivity index (χ1) is 5.18. The lowest BCUT2D eigenvalue weighted by Crippen LogP contribution is -1.99. The highest BCUT2D eigenvalue weighted by molar-refractivity contribution is 9.13. The van der Waals surface area contributed by atoms with Crippen molar-refractivity contribution in [3.8, 4) is 0 Å². The Morgan fingerprint density at radius 1 is 1.55 bits per heavy atom. The van der Waals surface area contributed by atoms with Crippen molar-refractivity contribution in [2.45, 2.75) is 18.4 Å². The van der Waals surface area contributed by atoms with Gasteiger partial charge in [-0.15, -0.1) is 0 Å². The van der Waals surface area contributed by atoms with Gasteiger partial charge in [-0.25, -0.2) is 0 Å². The number of rotatable bonds is 1. The summed E-state index contributed by atoms with van der Waals surface area (Å²) in [5.74, 6) is 1.42. The molecule has 60 valence electrons. The van der Waals surface area contributed by atoms with E-state index < -0.39 is 0 Å². The fourth-order valence-electron chi connectivity index (χ4n) is 1.09. The summed E-state index contributed by atoms with van der Waals surface area (Å²) in [6.07, 6.45) is 1.05. The molecule has 1 aromatic rings. The monoisotopic (exact) mass is 279 g/mol. The van der Waals surface area contributed by atoms with Crippen molar-refractivity contribution >= 4 is 31.9 Å². The van der Waals surface area contributed by atoms with Crippen molar-refractivity contribution < 1.29 is 4.42 Å². The van der Waals surface area contributed by atoms with Crippen LogP contribution in [0.4, 0.5) is 0 Å². The third kappa shape index (κ3) is 1.39. The van der Waals surface area contributed by atoms with Crippen LogP contribution in [0.3, 0.4) is 0 Å². The Kier molecular flexibility index (Phi) is 1.85. The summed E-state index contributed by atoms with van der Waals surface area (Å²) in [5, 5.41) is 0. The summed E-state index contributed by atoms with van der Waals surface area (Å²) in [6, 6.07) is 2.28. The molecule has 2 nitrogen and oxygen atoms in total. The first kappa shape index (κ1) is 7.83. The molecule has 2 atom stereocenters. The van der Waals surface area contributed by atoms with Gasteiger partial charge in [-0.3, -0.25) is 0 Å². The van der Waals surface area contributed by atoms with Crippen molar-refractivity contribution in [2.24, 2.45) is 5.73 Å². The molecule has 1 aromatic heterocycles. The molecule has 2 N–H and O–H groups in total. The van der Waals surface area contributed by atoms with Crippen LogP contribution in [0.2, 0.25) is 0 Å². The molecule has 0 saturated heterocycles. The topological polar surface area (TPSA) is 39.2 Å². The second kappa shape index (κ2) is 2.61. The Morgan fingerprint density at radius 2 is 2.18 bits per heavy atom. The molecule has 0 unspecified atom stereocenters. The number of furan rings is 1. The molecule has 1 heterocycles. The number of hydrogen-bond acceptors (Lipinski definition) is 2.